The van der Waals surface area contributed by atoms with Crippen molar-refractivity contribution in [2.24, 2.45) is 10.9 Å². The summed E-state index contributed by atoms with van der Waals surface area (Å²) in [7, 11) is 0. The molecule has 0 saturated carbocycles. The minimum absolute atomic E-state index is 0. The van der Waals surface area contributed by atoms with Crippen LogP contribution in [0.5, 0.6) is 5.75 Å². The Hall–Kier alpha value is -1.26. The molecule has 2 N–H and O–H groups in total. The quantitative estimate of drug-likeness (QED) is 0.870. The molecular formula is C12H15ClN2O2. The maximum atomic E-state index is 5.55. The van der Waals surface area contributed by atoms with Crippen LogP contribution >= 0.6 is 12.4 Å². The van der Waals surface area contributed by atoms with E-state index < -0.39 is 0 Å². The van der Waals surface area contributed by atoms with Crippen molar-refractivity contribution >= 4 is 18.1 Å². The van der Waals surface area contributed by atoms with Gasteiger partial charge in [-0.25, -0.2) is 0 Å². The molecule has 2 aliphatic heterocycles. The highest BCUT2D eigenvalue weighted by atomic mass is 35.5. The number of nitrogens with two attached hydrogens (primary N) is 1. The molecule has 1 aromatic carbocycles. The zero-order valence-electron chi connectivity index (χ0n) is 9.39. The third-order valence-electron chi connectivity index (χ3n) is 3.02. The van der Waals surface area contributed by atoms with Gasteiger partial charge < -0.3 is 15.3 Å². The Morgan fingerprint density at radius 2 is 2.29 bits per heavy atom. The molecule has 0 radical (unpaired) electrons. The van der Waals surface area contributed by atoms with E-state index in [1.165, 1.54) is 5.56 Å². The summed E-state index contributed by atoms with van der Waals surface area (Å²) in [5.41, 5.74) is 8.92. The molecule has 0 aromatic heterocycles. The first-order chi connectivity index (χ1) is 7.86. The second kappa shape index (κ2) is 4.94. The van der Waals surface area contributed by atoms with Gasteiger partial charge in [0.1, 0.15) is 11.9 Å². The first-order valence-electron chi connectivity index (χ1n) is 5.55. The number of fused-ring (bicyclic) bond motifs is 1. The van der Waals surface area contributed by atoms with E-state index in [0.29, 0.717) is 6.54 Å². The lowest BCUT2D eigenvalue weighted by Crippen LogP contribution is -2.20. The van der Waals surface area contributed by atoms with Crippen LogP contribution in [0.25, 0.3) is 0 Å². The summed E-state index contributed by atoms with van der Waals surface area (Å²) in [4.78, 5) is 5.22. The molecule has 0 amide bonds. The molecule has 4 nitrogen and oxygen atoms in total. The summed E-state index contributed by atoms with van der Waals surface area (Å²) < 4.78 is 5.47. The van der Waals surface area contributed by atoms with Crippen molar-refractivity contribution in [1.82, 2.24) is 0 Å². The van der Waals surface area contributed by atoms with E-state index in [9.17, 15) is 0 Å². The third kappa shape index (κ3) is 2.23. The van der Waals surface area contributed by atoms with Gasteiger partial charge in [0, 0.05) is 19.4 Å². The second-order valence-electron chi connectivity index (χ2n) is 4.13. The molecule has 2 heterocycles. The molecule has 92 valence electrons. The summed E-state index contributed by atoms with van der Waals surface area (Å²) in [5.74, 6) is 0.999. The average molecular weight is 255 g/mol. The Balaban J connectivity index is 0.00000108. The van der Waals surface area contributed by atoms with Crippen molar-refractivity contribution in [3.8, 4) is 5.75 Å². The molecule has 1 unspecified atom stereocenters. The molecule has 17 heavy (non-hydrogen) atoms. The Labute approximate surface area is 106 Å². The molecule has 0 aliphatic carbocycles. The molecule has 2 aliphatic rings. The Bertz CT molecular complexity index is 448. The van der Waals surface area contributed by atoms with Crippen LogP contribution in [0.15, 0.2) is 23.4 Å². The summed E-state index contributed by atoms with van der Waals surface area (Å²) >= 11 is 0. The van der Waals surface area contributed by atoms with Gasteiger partial charge in [0.05, 0.1) is 12.3 Å². The Kier molecular flexibility index (Phi) is 3.54. The fraction of sp³-hybridized carbons (Fsp3) is 0.417. The van der Waals surface area contributed by atoms with Crippen molar-refractivity contribution in [2.45, 2.75) is 18.9 Å². The lowest BCUT2D eigenvalue weighted by molar-refractivity contribution is 0.0918. The Morgan fingerprint density at radius 1 is 1.41 bits per heavy atom. The van der Waals surface area contributed by atoms with Crippen molar-refractivity contribution in [3.63, 3.8) is 0 Å². The number of oxime groups is 1. The zero-order chi connectivity index (χ0) is 11.0. The molecule has 1 aromatic rings. The molecule has 3 rings (SSSR count). The van der Waals surface area contributed by atoms with E-state index in [1.807, 2.05) is 12.1 Å². The standard InChI is InChI=1S/C12H14N2O2.ClH/c13-7-10-6-11(14-16-10)8-1-2-12-9(5-8)3-4-15-12;/h1-2,5,10H,3-4,6-7,13H2;1H. The fourth-order valence-corrected chi connectivity index (χ4v) is 2.09. The number of halogens is 1. The van der Waals surface area contributed by atoms with Crippen molar-refractivity contribution < 1.29 is 9.57 Å². The second-order valence-corrected chi connectivity index (χ2v) is 4.13. The van der Waals surface area contributed by atoms with Gasteiger partial charge in [-0.3, -0.25) is 0 Å². The maximum Gasteiger partial charge on any atom is 0.145 e. The number of rotatable bonds is 2. The van der Waals surface area contributed by atoms with Gasteiger partial charge in [0.2, 0.25) is 0 Å². The van der Waals surface area contributed by atoms with Crippen LogP contribution in [-0.4, -0.2) is 25.0 Å². The van der Waals surface area contributed by atoms with Crippen LogP contribution in [0.3, 0.4) is 0 Å². The number of hydrogen-bond donors (Lipinski definition) is 1. The molecule has 0 saturated heterocycles. The molecular weight excluding hydrogens is 240 g/mol. The first-order valence-corrected chi connectivity index (χ1v) is 5.55. The highest BCUT2D eigenvalue weighted by Gasteiger charge is 2.22. The van der Waals surface area contributed by atoms with E-state index in [1.54, 1.807) is 0 Å². The van der Waals surface area contributed by atoms with Crippen LogP contribution < -0.4 is 10.5 Å². The zero-order valence-corrected chi connectivity index (χ0v) is 10.2. The monoisotopic (exact) mass is 254 g/mol. The minimum Gasteiger partial charge on any atom is -0.493 e. The average Bonchev–Trinajstić information content (AvgIpc) is 2.96. The van der Waals surface area contributed by atoms with Gasteiger partial charge in [-0.1, -0.05) is 5.16 Å². The van der Waals surface area contributed by atoms with Crippen molar-refractivity contribution in [2.75, 3.05) is 13.2 Å². The molecule has 0 fully saturated rings. The largest absolute Gasteiger partial charge is 0.493 e. The van der Waals surface area contributed by atoms with Crippen LogP contribution in [0.4, 0.5) is 0 Å². The van der Waals surface area contributed by atoms with Crippen molar-refractivity contribution in [1.29, 1.82) is 0 Å². The summed E-state index contributed by atoms with van der Waals surface area (Å²) in [6.45, 7) is 1.30. The smallest absolute Gasteiger partial charge is 0.145 e. The van der Waals surface area contributed by atoms with Gasteiger partial charge in [0.25, 0.3) is 0 Å². The van der Waals surface area contributed by atoms with Gasteiger partial charge >= 0.3 is 0 Å². The lowest BCUT2D eigenvalue weighted by atomic mass is 10.0. The Morgan fingerprint density at radius 3 is 3.06 bits per heavy atom. The topological polar surface area (TPSA) is 56.8 Å². The molecule has 0 spiro atoms. The summed E-state index contributed by atoms with van der Waals surface area (Å²) in [6.07, 6.45) is 1.83. The van der Waals surface area contributed by atoms with E-state index in [-0.39, 0.29) is 18.5 Å². The summed E-state index contributed by atoms with van der Waals surface area (Å²) in [6, 6.07) is 6.19. The highest BCUT2D eigenvalue weighted by Crippen LogP contribution is 2.27. The SMILES string of the molecule is Cl.NCC1CC(c2ccc3c(c2)CCO3)=NO1. The van der Waals surface area contributed by atoms with Crippen LogP contribution in [0.1, 0.15) is 17.5 Å². The minimum atomic E-state index is 0. The number of benzene rings is 1. The van der Waals surface area contributed by atoms with Crippen molar-refractivity contribution in [3.05, 3.63) is 29.3 Å². The molecule has 0 bridgehead atoms. The van der Waals surface area contributed by atoms with Gasteiger partial charge in [0.15, 0.2) is 0 Å². The van der Waals surface area contributed by atoms with E-state index in [0.717, 1.165) is 36.5 Å². The predicted molar refractivity (Wildman–Crippen MR) is 68.0 cm³/mol. The summed E-state index contributed by atoms with van der Waals surface area (Å²) in [5, 5.41) is 4.08. The van der Waals surface area contributed by atoms with Gasteiger partial charge in [-0.2, -0.15) is 0 Å². The van der Waals surface area contributed by atoms with Crippen LogP contribution in [0.2, 0.25) is 0 Å². The molecule has 5 heteroatoms. The lowest BCUT2D eigenvalue weighted by Gasteiger charge is -2.03. The normalized spacial score (nSPS) is 21.0. The van der Waals surface area contributed by atoms with E-state index in [2.05, 4.69) is 11.2 Å². The number of nitrogens with zero attached hydrogens (tertiary/aromatic N) is 1. The maximum absolute atomic E-state index is 5.55. The molecule has 1 atom stereocenters. The first kappa shape index (κ1) is 12.2. The van der Waals surface area contributed by atoms with Gasteiger partial charge in [-0.15, -0.1) is 12.4 Å². The highest BCUT2D eigenvalue weighted by molar-refractivity contribution is 6.01. The predicted octanol–water partition coefficient (Wildman–Crippen LogP) is 1.50. The van der Waals surface area contributed by atoms with Crippen LogP contribution in [0, 0.1) is 0 Å². The van der Waals surface area contributed by atoms with Crippen LogP contribution in [-0.2, 0) is 11.3 Å². The van der Waals surface area contributed by atoms with Gasteiger partial charge in [-0.05, 0) is 29.3 Å². The number of ether oxygens (including phenoxy) is 1. The fourth-order valence-electron chi connectivity index (χ4n) is 2.09. The third-order valence-corrected chi connectivity index (χ3v) is 3.02. The van der Waals surface area contributed by atoms with E-state index >= 15 is 0 Å². The van der Waals surface area contributed by atoms with E-state index in [4.69, 9.17) is 15.3 Å². The number of hydrogen-bond acceptors (Lipinski definition) is 4.